The number of oxazole rings is 1. The second-order valence-corrected chi connectivity index (χ2v) is 5.46. The van der Waals surface area contributed by atoms with Gasteiger partial charge in [0.15, 0.2) is 12.2 Å². The molecule has 0 fully saturated rings. The maximum Gasteiger partial charge on any atom is 0.251 e. The van der Waals surface area contributed by atoms with Crippen LogP contribution in [0.15, 0.2) is 59.5 Å². The number of ether oxygens (including phenoxy) is 1. The van der Waals surface area contributed by atoms with Crippen molar-refractivity contribution < 1.29 is 13.9 Å². The molecule has 1 amide bonds. The Balaban J connectivity index is 1.77. The number of nitrogens with one attached hydrogen (secondary N) is 1. The summed E-state index contributed by atoms with van der Waals surface area (Å²) in [6.07, 6.45) is 2.94. The molecule has 1 N–H and O–H groups in total. The molecule has 0 atom stereocenters. The van der Waals surface area contributed by atoms with Crippen LogP contribution in [0.25, 0.3) is 11.3 Å². The van der Waals surface area contributed by atoms with Crippen LogP contribution in [0.5, 0.6) is 5.75 Å². The number of methoxy groups -OCH3 is 1. The lowest BCUT2D eigenvalue weighted by atomic mass is 10.1. The van der Waals surface area contributed by atoms with Crippen molar-refractivity contribution in [2.75, 3.05) is 7.11 Å². The standard InChI is InChI=1S/C18H15ClN2O3/c1-23-16-8-12(6-7-14(16)17-10-20-11-24-17)18(22)21-9-13-4-2-3-5-15(13)19/h2-8,10-11H,9H2,1H3,(H,21,22). The lowest BCUT2D eigenvalue weighted by molar-refractivity contribution is 0.0950. The van der Waals surface area contributed by atoms with Crippen molar-refractivity contribution in [1.82, 2.24) is 10.3 Å². The number of aromatic nitrogens is 1. The van der Waals surface area contributed by atoms with Gasteiger partial charge < -0.3 is 14.5 Å². The Hall–Kier alpha value is -2.79. The Bertz CT molecular complexity index is 847. The van der Waals surface area contributed by atoms with Crippen LogP contribution in [-0.2, 0) is 6.54 Å². The number of rotatable bonds is 5. The van der Waals surface area contributed by atoms with Crippen LogP contribution in [-0.4, -0.2) is 18.0 Å². The van der Waals surface area contributed by atoms with E-state index in [1.165, 1.54) is 6.39 Å². The van der Waals surface area contributed by atoms with Crippen molar-refractivity contribution in [3.05, 3.63) is 71.2 Å². The molecule has 0 saturated heterocycles. The van der Waals surface area contributed by atoms with E-state index >= 15 is 0 Å². The average molecular weight is 343 g/mol. The van der Waals surface area contributed by atoms with Gasteiger partial charge in [-0.05, 0) is 29.8 Å². The maximum atomic E-state index is 12.3. The number of halogens is 1. The average Bonchev–Trinajstić information content (AvgIpc) is 3.14. The normalized spacial score (nSPS) is 10.4. The Morgan fingerprint density at radius 2 is 2.12 bits per heavy atom. The summed E-state index contributed by atoms with van der Waals surface area (Å²) in [4.78, 5) is 16.2. The lowest BCUT2D eigenvalue weighted by Gasteiger charge is -2.10. The third-order valence-electron chi connectivity index (χ3n) is 3.56. The summed E-state index contributed by atoms with van der Waals surface area (Å²) in [7, 11) is 1.54. The van der Waals surface area contributed by atoms with Crippen molar-refractivity contribution in [2.24, 2.45) is 0 Å². The molecule has 0 aliphatic heterocycles. The highest BCUT2D eigenvalue weighted by atomic mass is 35.5. The van der Waals surface area contributed by atoms with E-state index in [1.807, 2.05) is 18.2 Å². The van der Waals surface area contributed by atoms with Gasteiger partial charge in [0, 0.05) is 17.1 Å². The largest absolute Gasteiger partial charge is 0.496 e. The number of nitrogens with zero attached hydrogens (tertiary/aromatic N) is 1. The molecule has 122 valence electrons. The van der Waals surface area contributed by atoms with Crippen molar-refractivity contribution >= 4 is 17.5 Å². The summed E-state index contributed by atoms with van der Waals surface area (Å²) in [5.74, 6) is 0.907. The van der Waals surface area contributed by atoms with Gasteiger partial charge in [-0.3, -0.25) is 4.79 Å². The van der Waals surface area contributed by atoms with Crippen LogP contribution >= 0.6 is 11.6 Å². The Kier molecular flexibility index (Phi) is 4.82. The van der Waals surface area contributed by atoms with Gasteiger partial charge in [-0.2, -0.15) is 0 Å². The first kappa shape index (κ1) is 16.1. The van der Waals surface area contributed by atoms with E-state index in [4.69, 9.17) is 20.8 Å². The van der Waals surface area contributed by atoms with E-state index in [9.17, 15) is 4.79 Å². The first-order chi connectivity index (χ1) is 11.7. The molecule has 2 aromatic carbocycles. The molecule has 3 rings (SSSR count). The molecule has 24 heavy (non-hydrogen) atoms. The third-order valence-corrected chi connectivity index (χ3v) is 3.93. The smallest absolute Gasteiger partial charge is 0.251 e. The van der Waals surface area contributed by atoms with Gasteiger partial charge in [0.1, 0.15) is 5.75 Å². The number of carbonyl (C=O) groups is 1. The SMILES string of the molecule is COc1cc(C(=O)NCc2ccccc2Cl)ccc1-c1cnco1. The van der Waals surface area contributed by atoms with Crippen LogP contribution in [0.3, 0.4) is 0 Å². The summed E-state index contributed by atoms with van der Waals surface area (Å²) in [5.41, 5.74) is 2.08. The molecule has 0 aliphatic carbocycles. The van der Waals surface area contributed by atoms with E-state index in [0.29, 0.717) is 28.6 Å². The van der Waals surface area contributed by atoms with Crippen LogP contribution < -0.4 is 10.1 Å². The molecule has 0 unspecified atom stereocenters. The fourth-order valence-electron chi connectivity index (χ4n) is 2.30. The van der Waals surface area contributed by atoms with Crippen LogP contribution in [0.2, 0.25) is 5.02 Å². The lowest BCUT2D eigenvalue weighted by Crippen LogP contribution is -2.23. The highest BCUT2D eigenvalue weighted by molar-refractivity contribution is 6.31. The molecule has 0 radical (unpaired) electrons. The monoisotopic (exact) mass is 342 g/mol. The minimum Gasteiger partial charge on any atom is -0.496 e. The molecule has 0 bridgehead atoms. The topological polar surface area (TPSA) is 64.4 Å². The second-order valence-electron chi connectivity index (χ2n) is 5.05. The minimum absolute atomic E-state index is 0.211. The summed E-state index contributed by atoms with van der Waals surface area (Å²) in [5, 5.41) is 3.47. The number of carbonyl (C=O) groups excluding carboxylic acids is 1. The summed E-state index contributed by atoms with van der Waals surface area (Å²) < 4.78 is 10.6. The minimum atomic E-state index is -0.211. The fourth-order valence-corrected chi connectivity index (χ4v) is 2.51. The van der Waals surface area contributed by atoms with E-state index in [1.54, 1.807) is 37.6 Å². The van der Waals surface area contributed by atoms with Gasteiger partial charge in [0.2, 0.25) is 0 Å². The Morgan fingerprint density at radius 3 is 2.83 bits per heavy atom. The molecule has 1 heterocycles. The summed E-state index contributed by atoms with van der Waals surface area (Å²) in [6.45, 7) is 0.352. The first-order valence-corrected chi connectivity index (χ1v) is 7.65. The zero-order valence-corrected chi connectivity index (χ0v) is 13.7. The van der Waals surface area contributed by atoms with Gasteiger partial charge in [0.05, 0.1) is 18.9 Å². The third kappa shape index (κ3) is 3.41. The fraction of sp³-hybridized carbons (Fsp3) is 0.111. The maximum absolute atomic E-state index is 12.3. The van der Waals surface area contributed by atoms with E-state index in [-0.39, 0.29) is 5.91 Å². The molecule has 0 spiro atoms. The number of benzene rings is 2. The molecule has 0 saturated carbocycles. The second kappa shape index (κ2) is 7.19. The van der Waals surface area contributed by atoms with E-state index < -0.39 is 0 Å². The van der Waals surface area contributed by atoms with Gasteiger partial charge in [0.25, 0.3) is 5.91 Å². The van der Waals surface area contributed by atoms with Gasteiger partial charge in [-0.25, -0.2) is 4.98 Å². The highest BCUT2D eigenvalue weighted by Gasteiger charge is 2.13. The summed E-state index contributed by atoms with van der Waals surface area (Å²) >= 11 is 6.09. The predicted molar refractivity (Wildman–Crippen MR) is 91.1 cm³/mol. The first-order valence-electron chi connectivity index (χ1n) is 7.27. The van der Waals surface area contributed by atoms with E-state index in [0.717, 1.165) is 11.1 Å². The Labute approximate surface area is 144 Å². The molecule has 5 nitrogen and oxygen atoms in total. The zero-order valence-electron chi connectivity index (χ0n) is 13.0. The molecule has 1 aromatic heterocycles. The Morgan fingerprint density at radius 1 is 1.29 bits per heavy atom. The predicted octanol–water partition coefficient (Wildman–Crippen LogP) is 3.93. The van der Waals surface area contributed by atoms with Crippen LogP contribution in [0, 0.1) is 0 Å². The highest BCUT2D eigenvalue weighted by Crippen LogP contribution is 2.30. The molecular formula is C18H15ClN2O3. The van der Waals surface area contributed by atoms with Crippen molar-refractivity contribution in [2.45, 2.75) is 6.54 Å². The number of amides is 1. The van der Waals surface area contributed by atoms with E-state index in [2.05, 4.69) is 10.3 Å². The molecule has 0 aliphatic rings. The van der Waals surface area contributed by atoms with Crippen molar-refractivity contribution in [3.63, 3.8) is 0 Å². The number of hydrogen-bond acceptors (Lipinski definition) is 4. The van der Waals surface area contributed by atoms with Crippen molar-refractivity contribution in [1.29, 1.82) is 0 Å². The van der Waals surface area contributed by atoms with Gasteiger partial charge >= 0.3 is 0 Å². The molecular weight excluding hydrogens is 328 g/mol. The van der Waals surface area contributed by atoms with Gasteiger partial charge in [-0.15, -0.1) is 0 Å². The molecule has 6 heteroatoms. The quantitative estimate of drug-likeness (QED) is 0.763. The van der Waals surface area contributed by atoms with Gasteiger partial charge in [-0.1, -0.05) is 29.8 Å². The summed E-state index contributed by atoms with van der Waals surface area (Å²) in [6, 6.07) is 12.5. The van der Waals surface area contributed by atoms with Crippen molar-refractivity contribution in [3.8, 4) is 17.1 Å². The molecule has 3 aromatic rings. The van der Waals surface area contributed by atoms with Crippen LogP contribution in [0.1, 0.15) is 15.9 Å². The van der Waals surface area contributed by atoms with Crippen LogP contribution in [0.4, 0.5) is 0 Å². The zero-order chi connectivity index (χ0) is 16.9. The number of hydrogen-bond donors (Lipinski definition) is 1.